The quantitative estimate of drug-likeness (QED) is 0.641. The van der Waals surface area contributed by atoms with Crippen LogP contribution in [0.2, 0.25) is 10.0 Å². The van der Waals surface area contributed by atoms with Gasteiger partial charge in [0.1, 0.15) is 5.82 Å². The lowest BCUT2D eigenvalue weighted by Gasteiger charge is -2.14. The van der Waals surface area contributed by atoms with Crippen LogP contribution < -0.4 is 10.6 Å². The molecule has 1 aromatic heterocycles. The molecule has 0 atom stereocenters. The van der Waals surface area contributed by atoms with Gasteiger partial charge in [0, 0.05) is 29.2 Å². The summed E-state index contributed by atoms with van der Waals surface area (Å²) in [4.78, 5) is 16.7. The number of nitrogens with zero attached hydrogens (tertiary/aromatic N) is 1. The van der Waals surface area contributed by atoms with Crippen LogP contribution in [0.5, 0.6) is 0 Å². The van der Waals surface area contributed by atoms with Gasteiger partial charge in [0.2, 0.25) is 0 Å². The first-order chi connectivity index (χ1) is 11.4. The van der Waals surface area contributed by atoms with Crippen molar-refractivity contribution >= 4 is 46.3 Å². The molecular weight excluding hydrogens is 347 g/mol. The Balaban J connectivity index is 2.32. The van der Waals surface area contributed by atoms with E-state index in [4.69, 9.17) is 28.6 Å². The van der Waals surface area contributed by atoms with Gasteiger partial charge in [-0.3, -0.25) is 4.79 Å². The van der Waals surface area contributed by atoms with E-state index < -0.39 is 0 Å². The third-order valence-electron chi connectivity index (χ3n) is 3.28. The van der Waals surface area contributed by atoms with Crippen molar-refractivity contribution in [1.82, 2.24) is 4.98 Å². The zero-order chi connectivity index (χ0) is 17.7. The van der Waals surface area contributed by atoms with Gasteiger partial charge >= 0.3 is 0 Å². The van der Waals surface area contributed by atoms with E-state index in [0.717, 1.165) is 6.42 Å². The maximum atomic E-state index is 12.5. The fourth-order valence-electron chi connectivity index (χ4n) is 2.10. The number of nitrogens with one attached hydrogen (secondary N) is 3. The Hall–Kier alpha value is -2.11. The lowest BCUT2D eigenvalue weighted by Crippen LogP contribution is -2.16. The van der Waals surface area contributed by atoms with Gasteiger partial charge < -0.3 is 16.0 Å². The van der Waals surface area contributed by atoms with E-state index in [1.54, 1.807) is 31.2 Å². The van der Waals surface area contributed by atoms with E-state index in [1.165, 1.54) is 6.20 Å². The molecule has 0 saturated heterocycles. The van der Waals surface area contributed by atoms with E-state index in [9.17, 15) is 4.79 Å². The SMILES string of the molecule is CCCNc1ncc(C(=O)Nc2ccc(Cl)cc2)c(Cl)c1C(C)=N. The van der Waals surface area contributed by atoms with Crippen molar-refractivity contribution in [1.29, 1.82) is 5.41 Å². The third kappa shape index (κ3) is 4.24. The van der Waals surface area contributed by atoms with Crippen molar-refractivity contribution in [3.63, 3.8) is 0 Å². The minimum atomic E-state index is -0.389. The second-order valence-corrected chi connectivity index (χ2v) is 6.04. The topological polar surface area (TPSA) is 77.9 Å². The average Bonchev–Trinajstić information content (AvgIpc) is 2.54. The first-order valence-electron chi connectivity index (χ1n) is 7.48. The van der Waals surface area contributed by atoms with Gasteiger partial charge in [-0.25, -0.2) is 4.98 Å². The molecule has 2 rings (SSSR count). The highest BCUT2D eigenvalue weighted by molar-refractivity contribution is 6.38. The predicted molar refractivity (Wildman–Crippen MR) is 99.9 cm³/mol. The molecule has 0 bridgehead atoms. The summed E-state index contributed by atoms with van der Waals surface area (Å²) in [6, 6.07) is 6.76. The molecule has 0 radical (unpaired) electrons. The second kappa shape index (κ2) is 8.13. The monoisotopic (exact) mass is 364 g/mol. The maximum absolute atomic E-state index is 12.5. The van der Waals surface area contributed by atoms with Crippen LogP contribution in [0.25, 0.3) is 0 Å². The molecule has 7 heteroatoms. The van der Waals surface area contributed by atoms with Crippen molar-refractivity contribution in [2.24, 2.45) is 0 Å². The Labute approximate surface area is 150 Å². The Morgan fingerprint density at radius 3 is 2.50 bits per heavy atom. The Kier molecular flexibility index (Phi) is 6.17. The minimum Gasteiger partial charge on any atom is -0.369 e. The number of amides is 1. The van der Waals surface area contributed by atoms with Crippen LogP contribution in [0.4, 0.5) is 11.5 Å². The Morgan fingerprint density at radius 1 is 1.25 bits per heavy atom. The van der Waals surface area contributed by atoms with Crippen LogP contribution in [0, 0.1) is 5.41 Å². The van der Waals surface area contributed by atoms with Crippen LogP contribution in [0.3, 0.4) is 0 Å². The summed E-state index contributed by atoms with van der Waals surface area (Å²) in [6.07, 6.45) is 2.33. The number of halogens is 2. The van der Waals surface area contributed by atoms with Crippen molar-refractivity contribution in [2.75, 3.05) is 17.2 Å². The second-order valence-electron chi connectivity index (χ2n) is 5.22. The molecule has 0 saturated carbocycles. The fourth-order valence-corrected chi connectivity index (χ4v) is 2.59. The van der Waals surface area contributed by atoms with Gasteiger partial charge in [-0.2, -0.15) is 0 Å². The molecule has 5 nitrogen and oxygen atoms in total. The molecule has 1 heterocycles. The third-order valence-corrected chi connectivity index (χ3v) is 3.92. The van der Waals surface area contributed by atoms with Gasteiger partial charge in [0.05, 0.1) is 16.1 Å². The van der Waals surface area contributed by atoms with Crippen LogP contribution >= 0.6 is 23.2 Å². The van der Waals surface area contributed by atoms with Crippen LogP contribution in [0.15, 0.2) is 30.5 Å². The van der Waals surface area contributed by atoms with E-state index in [-0.39, 0.29) is 22.2 Å². The molecule has 0 aliphatic heterocycles. The molecule has 0 fully saturated rings. The molecule has 2 aromatic rings. The number of pyridine rings is 1. The van der Waals surface area contributed by atoms with Crippen molar-refractivity contribution in [3.8, 4) is 0 Å². The first-order valence-corrected chi connectivity index (χ1v) is 8.24. The summed E-state index contributed by atoms with van der Waals surface area (Å²) in [6.45, 7) is 4.35. The lowest BCUT2D eigenvalue weighted by molar-refractivity contribution is 0.102. The number of aromatic nitrogens is 1. The standard InChI is InChI=1S/C17H18Cl2N4O/c1-3-8-21-16-14(10(2)20)15(19)13(9-22-16)17(24)23-12-6-4-11(18)5-7-12/h4-7,9,20H,3,8H2,1-2H3,(H,21,22)(H,23,24). The number of hydrogen-bond acceptors (Lipinski definition) is 4. The molecule has 24 heavy (non-hydrogen) atoms. The van der Waals surface area contributed by atoms with Gasteiger partial charge in [-0.05, 0) is 37.6 Å². The van der Waals surface area contributed by atoms with Crippen molar-refractivity contribution < 1.29 is 4.79 Å². The number of benzene rings is 1. The smallest absolute Gasteiger partial charge is 0.258 e. The van der Waals surface area contributed by atoms with Crippen LogP contribution in [-0.2, 0) is 0 Å². The molecule has 0 aliphatic carbocycles. The normalized spacial score (nSPS) is 10.3. The number of hydrogen-bond donors (Lipinski definition) is 3. The van der Waals surface area contributed by atoms with Gasteiger partial charge in [0.25, 0.3) is 5.91 Å². The Morgan fingerprint density at radius 2 is 1.92 bits per heavy atom. The first kappa shape index (κ1) is 18.2. The van der Waals surface area contributed by atoms with E-state index >= 15 is 0 Å². The summed E-state index contributed by atoms with van der Waals surface area (Å²) >= 11 is 12.2. The summed E-state index contributed by atoms with van der Waals surface area (Å²) in [7, 11) is 0. The molecule has 0 unspecified atom stereocenters. The minimum absolute atomic E-state index is 0.211. The predicted octanol–water partition coefficient (Wildman–Crippen LogP) is 4.85. The van der Waals surface area contributed by atoms with E-state index in [2.05, 4.69) is 15.6 Å². The average molecular weight is 365 g/mol. The van der Waals surface area contributed by atoms with Gasteiger partial charge in [0.15, 0.2) is 0 Å². The zero-order valence-corrected chi connectivity index (χ0v) is 14.9. The number of rotatable bonds is 6. The highest BCUT2D eigenvalue weighted by atomic mass is 35.5. The molecule has 1 aromatic carbocycles. The molecule has 126 valence electrons. The molecular formula is C17H18Cl2N4O. The largest absolute Gasteiger partial charge is 0.369 e. The molecule has 3 N–H and O–H groups in total. The number of anilines is 2. The summed E-state index contributed by atoms with van der Waals surface area (Å²) in [5.41, 5.74) is 1.50. The zero-order valence-electron chi connectivity index (χ0n) is 13.4. The van der Waals surface area contributed by atoms with E-state index in [0.29, 0.717) is 28.6 Å². The maximum Gasteiger partial charge on any atom is 0.258 e. The fraction of sp³-hybridized carbons (Fsp3) is 0.235. The highest BCUT2D eigenvalue weighted by Gasteiger charge is 2.19. The number of carbonyl (C=O) groups is 1. The molecule has 0 spiro atoms. The lowest BCUT2D eigenvalue weighted by atomic mass is 10.1. The van der Waals surface area contributed by atoms with Crippen LogP contribution in [-0.4, -0.2) is 23.1 Å². The molecule has 0 aliphatic rings. The highest BCUT2D eigenvalue weighted by Crippen LogP contribution is 2.27. The van der Waals surface area contributed by atoms with Gasteiger partial charge in [-0.15, -0.1) is 0 Å². The van der Waals surface area contributed by atoms with Crippen LogP contribution in [0.1, 0.15) is 36.2 Å². The Bertz CT molecular complexity index is 760. The van der Waals surface area contributed by atoms with Gasteiger partial charge in [-0.1, -0.05) is 30.1 Å². The number of carbonyl (C=O) groups excluding carboxylic acids is 1. The van der Waals surface area contributed by atoms with E-state index in [1.807, 2.05) is 6.92 Å². The molecule has 1 amide bonds. The van der Waals surface area contributed by atoms with Crippen molar-refractivity contribution in [3.05, 3.63) is 51.6 Å². The summed E-state index contributed by atoms with van der Waals surface area (Å²) in [5.74, 6) is 0.122. The summed E-state index contributed by atoms with van der Waals surface area (Å²) < 4.78 is 0. The summed E-state index contributed by atoms with van der Waals surface area (Å²) in [5, 5.41) is 14.6. The van der Waals surface area contributed by atoms with Crippen molar-refractivity contribution in [2.45, 2.75) is 20.3 Å².